The van der Waals surface area contributed by atoms with Crippen LogP contribution in [0, 0.1) is 11.8 Å². The molecule has 0 aliphatic heterocycles. The second-order valence-corrected chi connectivity index (χ2v) is 3.63. The number of rotatable bonds is 6. The molecule has 1 atom stereocenters. The Balaban J connectivity index is 3.25. The Morgan fingerprint density at radius 2 is 2.00 bits per heavy atom. The second-order valence-electron chi connectivity index (χ2n) is 3.63. The van der Waals surface area contributed by atoms with Gasteiger partial charge in [0.25, 0.3) is 0 Å². The number of hydrogen-bond acceptors (Lipinski definition) is 2. The van der Waals surface area contributed by atoms with Crippen LogP contribution in [-0.4, -0.2) is 24.2 Å². The maximum Gasteiger partial charge on any atom is 0.307 e. The Morgan fingerprint density at radius 3 is 2.42 bits per heavy atom. The van der Waals surface area contributed by atoms with Crippen LogP contribution in [0.3, 0.4) is 0 Å². The van der Waals surface area contributed by atoms with E-state index in [1.165, 1.54) is 0 Å². The van der Waals surface area contributed by atoms with Crippen molar-refractivity contribution < 1.29 is 9.90 Å². The topological polar surface area (TPSA) is 49.3 Å². The van der Waals surface area contributed by atoms with Gasteiger partial charge in [0.2, 0.25) is 0 Å². The molecule has 2 N–H and O–H groups in total. The van der Waals surface area contributed by atoms with E-state index in [2.05, 4.69) is 19.2 Å². The van der Waals surface area contributed by atoms with E-state index in [1.54, 1.807) is 6.92 Å². The first-order chi connectivity index (χ1) is 5.54. The van der Waals surface area contributed by atoms with Gasteiger partial charge in [0.1, 0.15) is 0 Å². The fourth-order valence-corrected chi connectivity index (χ4v) is 0.797. The lowest BCUT2D eigenvalue weighted by Gasteiger charge is -2.09. The zero-order valence-electron chi connectivity index (χ0n) is 8.13. The molecule has 3 nitrogen and oxygen atoms in total. The predicted molar refractivity (Wildman–Crippen MR) is 49.1 cm³/mol. The highest BCUT2D eigenvalue weighted by molar-refractivity contribution is 5.69. The molecule has 0 aromatic carbocycles. The first-order valence-corrected chi connectivity index (χ1v) is 4.47. The first kappa shape index (κ1) is 11.4. The Kier molecular flexibility index (Phi) is 5.72. The molecule has 0 saturated carbocycles. The third kappa shape index (κ3) is 6.16. The fraction of sp³-hybridized carbons (Fsp3) is 0.889. The molecule has 0 amide bonds. The number of carboxylic acids is 1. The highest BCUT2D eigenvalue weighted by Gasteiger charge is 2.08. The average molecular weight is 173 g/mol. The van der Waals surface area contributed by atoms with Crippen LogP contribution in [0.5, 0.6) is 0 Å². The summed E-state index contributed by atoms with van der Waals surface area (Å²) in [5.74, 6) is -0.332. The lowest BCUT2D eigenvalue weighted by atomic mass is 10.1. The van der Waals surface area contributed by atoms with Crippen molar-refractivity contribution in [3.05, 3.63) is 0 Å². The van der Waals surface area contributed by atoms with Crippen molar-refractivity contribution in [2.75, 3.05) is 13.1 Å². The van der Waals surface area contributed by atoms with Gasteiger partial charge >= 0.3 is 5.97 Å². The van der Waals surface area contributed by atoms with Gasteiger partial charge in [-0.25, -0.2) is 0 Å². The van der Waals surface area contributed by atoms with E-state index in [4.69, 9.17) is 5.11 Å². The van der Waals surface area contributed by atoms with Crippen molar-refractivity contribution in [2.24, 2.45) is 11.8 Å². The molecule has 0 radical (unpaired) electrons. The molecule has 0 aromatic heterocycles. The maximum absolute atomic E-state index is 10.4. The third-order valence-corrected chi connectivity index (χ3v) is 1.77. The molecule has 0 heterocycles. The molecule has 0 rings (SSSR count). The van der Waals surface area contributed by atoms with Crippen molar-refractivity contribution in [3.63, 3.8) is 0 Å². The van der Waals surface area contributed by atoms with Crippen molar-refractivity contribution in [1.82, 2.24) is 5.32 Å². The van der Waals surface area contributed by atoms with Gasteiger partial charge in [-0.1, -0.05) is 20.8 Å². The number of nitrogens with one attached hydrogen (secondary N) is 1. The van der Waals surface area contributed by atoms with Crippen molar-refractivity contribution in [2.45, 2.75) is 27.2 Å². The van der Waals surface area contributed by atoms with Gasteiger partial charge in [-0.3, -0.25) is 4.79 Å². The van der Waals surface area contributed by atoms with Crippen LogP contribution >= 0.6 is 0 Å². The Bertz CT molecular complexity index is 134. The van der Waals surface area contributed by atoms with Crippen LogP contribution in [0.4, 0.5) is 0 Å². The molecular weight excluding hydrogens is 154 g/mol. The maximum atomic E-state index is 10.4. The minimum absolute atomic E-state index is 0.280. The van der Waals surface area contributed by atoms with Crippen LogP contribution < -0.4 is 5.32 Å². The summed E-state index contributed by atoms with van der Waals surface area (Å²) in [6.07, 6.45) is 1.10. The summed E-state index contributed by atoms with van der Waals surface area (Å²) >= 11 is 0. The van der Waals surface area contributed by atoms with Crippen molar-refractivity contribution in [3.8, 4) is 0 Å². The van der Waals surface area contributed by atoms with E-state index in [0.717, 1.165) is 13.0 Å². The van der Waals surface area contributed by atoms with Crippen molar-refractivity contribution in [1.29, 1.82) is 0 Å². The van der Waals surface area contributed by atoms with Crippen LogP contribution in [0.2, 0.25) is 0 Å². The molecule has 0 aliphatic rings. The van der Waals surface area contributed by atoms with E-state index >= 15 is 0 Å². The summed E-state index contributed by atoms with van der Waals surface area (Å²) < 4.78 is 0. The van der Waals surface area contributed by atoms with Crippen LogP contribution in [-0.2, 0) is 4.79 Å². The average Bonchev–Trinajstić information content (AvgIpc) is 1.97. The van der Waals surface area contributed by atoms with E-state index in [1.807, 2.05) is 0 Å². The Morgan fingerprint density at radius 1 is 1.42 bits per heavy atom. The number of aliphatic carboxylic acids is 1. The lowest BCUT2D eigenvalue weighted by Crippen LogP contribution is -2.27. The van der Waals surface area contributed by atoms with E-state index in [9.17, 15) is 4.79 Å². The molecule has 0 bridgehead atoms. The van der Waals surface area contributed by atoms with Crippen LogP contribution in [0.1, 0.15) is 27.2 Å². The molecule has 0 fully saturated rings. The van der Waals surface area contributed by atoms with Gasteiger partial charge in [-0.05, 0) is 18.9 Å². The quantitative estimate of drug-likeness (QED) is 0.596. The SMILES string of the molecule is CC(C)CCNCC(C)C(=O)O. The van der Waals surface area contributed by atoms with Gasteiger partial charge in [0, 0.05) is 6.54 Å². The molecule has 0 spiro atoms. The van der Waals surface area contributed by atoms with Gasteiger partial charge in [-0.15, -0.1) is 0 Å². The largest absolute Gasteiger partial charge is 0.481 e. The minimum atomic E-state index is -0.730. The summed E-state index contributed by atoms with van der Waals surface area (Å²) in [4.78, 5) is 10.4. The zero-order chi connectivity index (χ0) is 9.56. The molecule has 1 unspecified atom stereocenters. The monoisotopic (exact) mass is 173 g/mol. The number of carbonyl (C=O) groups is 1. The highest BCUT2D eigenvalue weighted by Crippen LogP contribution is 1.97. The van der Waals surface area contributed by atoms with Crippen LogP contribution in [0.15, 0.2) is 0 Å². The lowest BCUT2D eigenvalue weighted by molar-refractivity contribution is -0.140. The zero-order valence-corrected chi connectivity index (χ0v) is 8.13. The molecule has 0 aliphatic carbocycles. The normalized spacial score (nSPS) is 13.3. The Labute approximate surface area is 74.2 Å². The standard InChI is InChI=1S/C9H19NO2/c1-7(2)4-5-10-6-8(3)9(11)12/h7-8,10H,4-6H2,1-3H3,(H,11,12). The summed E-state index contributed by atoms with van der Waals surface area (Å²) in [5.41, 5.74) is 0. The number of hydrogen-bond donors (Lipinski definition) is 2. The van der Waals surface area contributed by atoms with Gasteiger partial charge in [0.05, 0.1) is 5.92 Å². The predicted octanol–water partition coefficient (Wildman–Crippen LogP) is 1.34. The first-order valence-electron chi connectivity index (χ1n) is 4.47. The molecule has 0 aromatic rings. The summed E-state index contributed by atoms with van der Waals surface area (Å²) in [6.45, 7) is 7.51. The summed E-state index contributed by atoms with van der Waals surface area (Å²) in [5, 5.41) is 11.7. The fourth-order valence-electron chi connectivity index (χ4n) is 0.797. The number of carboxylic acid groups (broad SMARTS) is 1. The van der Waals surface area contributed by atoms with E-state index in [-0.39, 0.29) is 5.92 Å². The highest BCUT2D eigenvalue weighted by atomic mass is 16.4. The molecule has 12 heavy (non-hydrogen) atoms. The van der Waals surface area contributed by atoms with Crippen LogP contribution in [0.25, 0.3) is 0 Å². The molecule has 3 heteroatoms. The summed E-state index contributed by atoms with van der Waals surface area (Å²) in [7, 11) is 0. The molecule has 72 valence electrons. The van der Waals surface area contributed by atoms with Crippen molar-refractivity contribution >= 4 is 5.97 Å². The molecular formula is C9H19NO2. The van der Waals surface area contributed by atoms with Gasteiger partial charge < -0.3 is 10.4 Å². The second kappa shape index (κ2) is 6.00. The minimum Gasteiger partial charge on any atom is -0.481 e. The van der Waals surface area contributed by atoms with E-state index < -0.39 is 5.97 Å². The molecule has 0 saturated heterocycles. The van der Waals surface area contributed by atoms with E-state index in [0.29, 0.717) is 12.5 Å². The smallest absolute Gasteiger partial charge is 0.307 e. The van der Waals surface area contributed by atoms with Gasteiger partial charge in [0.15, 0.2) is 0 Å². The summed E-state index contributed by atoms with van der Waals surface area (Å²) in [6, 6.07) is 0. The Hall–Kier alpha value is -0.570. The third-order valence-electron chi connectivity index (χ3n) is 1.77. The van der Waals surface area contributed by atoms with Gasteiger partial charge in [-0.2, -0.15) is 0 Å².